The first-order chi connectivity index (χ1) is 9.33. The van der Waals surface area contributed by atoms with Crippen molar-refractivity contribution in [2.24, 2.45) is 0 Å². The van der Waals surface area contributed by atoms with Gasteiger partial charge in [0.05, 0.1) is 6.26 Å². The van der Waals surface area contributed by atoms with Crippen molar-refractivity contribution >= 4 is 5.69 Å². The third-order valence-corrected chi connectivity index (χ3v) is 3.73. The van der Waals surface area contributed by atoms with E-state index in [2.05, 4.69) is 35.5 Å². The minimum atomic E-state index is 0.928. The van der Waals surface area contributed by atoms with Crippen LogP contribution in [0.3, 0.4) is 0 Å². The standard InChI is InChI=1S/C16H20N2O/c1-18-9-7-14-11-13(4-5-16(14)18)12-17-8-6-15-3-2-10-19-15/h2-5,10-11,17H,6-9,12H2,1H3. The maximum atomic E-state index is 5.31. The van der Waals surface area contributed by atoms with Crippen LogP contribution in [0.2, 0.25) is 0 Å². The molecule has 0 fully saturated rings. The van der Waals surface area contributed by atoms with E-state index in [1.807, 2.05) is 12.1 Å². The minimum absolute atomic E-state index is 0.928. The van der Waals surface area contributed by atoms with Gasteiger partial charge in [0.15, 0.2) is 0 Å². The highest BCUT2D eigenvalue weighted by atomic mass is 16.3. The fourth-order valence-electron chi connectivity index (χ4n) is 2.63. The molecule has 0 radical (unpaired) electrons. The smallest absolute Gasteiger partial charge is 0.105 e. The lowest BCUT2D eigenvalue weighted by Crippen LogP contribution is -2.16. The molecule has 0 amide bonds. The van der Waals surface area contributed by atoms with Crippen LogP contribution in [0.25, 0.3) is 0 Å². The average molecular weight is 256 g/mol. The van der Waals surface area contributed by atoms with E-state index in [9.17, 15) is 0 Å². The number of furan rings is 1. The molecule has 19 heavy (non-hydrogen) atoms. The van der Waals surface area contributed by atoms with E-state index in [1.54, 1.807) is 6.26 Å². The van der Waals surface area contributed by atoms with Crippen LogP contribution in [0.1, 0.15) is 16.9 Å². The fourth-order valence-corrected chi connectivity index (χ4v) is 2.63. The van der Waals surface area contributed by atoms with Crippen molar-refractivity contribution in [2.75, 3.05) is 25.0 Å². The van der Waals surface area contributed by atoms with E-state index in [1.165, 1.54) is 23.2 Å². The summed E-state index contributed by atoms with van der Waals surface area (Å²) in [6, 6.07) is 10.8. The molecular formula is C16H20N2O. The lowest BCUT2D eigenvalue weighted by atomic mass is 10.1. The average Bonchev–Trinajstić information content (AvgIpc) is 3.05. The Kier molecular flexibility index (Phi) is 3.56. The molecule has 0 unspecified atom stereocenters. The molecule has 2 heterocycles. The number of anilines is 1. The molecule has 0 aliphatic carbocycles. The molecule has 3 heteroatoms. The summed E-state index contributed by atoms with van der Waals surface area (Å²) < 4.78 is 5.31. The number of hydrogen-bond donors (Lipinski definition) is 1. The van der Waals surface area contributed by atoms with Gasteiger partial charge in [-0.3, -0.25) is 0 Å². The van der Waals surface area contributed by atoms with Crippen LogP contribution in [0.15, 0.2) is 41.0 Å². The Morgan fingerprint density at radius 2 is 2.26 bits per heavy atom. The summed E-state index contributed by atoms with van der Waals surface area (Å²) in [6.45, 7) is 3.02. The summed E-state index contributed by atoms with van der Waals surface area (Å²) in [5.41, 5.74) is 4.24. The second-order valence-corrected chi connectivity index (χ2v) is 5.14. The molecule has 2 aromatic rings. The number of likely N-dealkylation sites (N-methyl/N-ethyl adjacent to an activating group) is 1. The number of fused-ring (bicyclic) bond motifs is 1. The van der Waals surface area contributed by atoms with Gasteiger partial charge in [-0.2, -0.15) is 0 Å². The van der Waals surface area contributed by atoms with Crippen LogP contribution >= 0.6 is 0 Å². The van der Waals surface area contributed by atoms with Gasteiger partial charge in [-0.1, -0.05) is 12.1 Å². The SMILES string of the molecule is CN1CCc2cc(CNCCc3ccco3)ccc21. The van der Waals surface area contributed by atoms with E-state index >= 15 is 0 Å². The summed E-state index contributed by atoms with van der Waals surface area (Å²) in [5.74, 6) is 1.04. The lowest BCUT2D eigenvalue weighted by Gasteiger charge is -2.12. The van der Waals surface area contributed by atoms with E-state index < -0.39 is 0 Å². The molecule has 3 nitrogen and oxygen atoms in total. The zero-order chi connectivity index (χ0) is 13.1. The van der Waals surface area contributed by atoms with Crippen LogP contribution in [0.5, 0.6) is 0 Å². The van der Waals surface area contributed by atoms with Crippen LogP contribution in [0, 0.1) is 0 Å². The summed E-state index contributed by atoms with van der Waals surface area (Å²) in [4.78, 5) is 2.32. The Labute approximate surface area is 114 Å². The molecule has 0 saturated carbocycles. The van der Waals surface area contributed by atoms with Gasteiger partial charge in [-0.25, -0.2) is 0 Å². The Morgan fingerprint density at radius 3 is 3.11 bits per heavy atom. The third kappa shape index (κ3) is 2.82. The molecule has 0 bridgehead atoms. The molecule has 0 saturated heterocycles. The largest absolute Gasteiger partial charge is 0.469 e. The van der Waals surface area contributed by atoms with E-state index in [4.69, 9.17) is 4.42 Å². The van der Waals surface area contributed by atoms with Gasteiger partial charge < -0.3 is 14.6 Å². The van der Waals surface area contributed by atoms with Gasteiger partial charge in [0, 0.05) is 38.8 Å². The van der Waals surface area contributed by atoms with Crippen molar-refractivity contribution in [3.8, 4) is 0 Å². The predicted octanol–water partition coefficient (Wildman–Crippen LogP) is 2.60. The van der Waals surface area contributed by atoms with Crippen molar-refractivity contribution < 1.29 is 4.42 Å². The monoisotopic (exact) mass is 256 g/mol. The molecule has 0 atom stereocenters. The number of nitrogens with zero attached hydrogens (tertiary/aromatic N) is 1. The second kappa shape index (κ2) is 5.49. The molecule has 1 aromatic carbocycles. The molecular weight excluding hydrogens is 236 g/mol. The summed E-state index contributed by atoms with van der Waals surface area (Å²) in [6.07, 6.45) is 3.85. The van der Waals surface area contributed by atoms with Crippen LogP contribution in [-0.2, 0) is 19.4 Å². The second-order valence-electron chi connectivity index (χ2n) is 5.14. The van der Waals surface area contributed by atoms with Crippen molar-refractivity contribution in [1.29, 1.82) is 0 Å². The van der Waals surface area contributed by atoms with Gasteiger partial charge in [-0.15, -0.1) is 0 Å². The predicted molar refractivity (Wildman–Crippen MR) is 77.5 cm³/mol. The van der Waals surface area contributed by atoms with E-state index in [0.717, 1.165) is 31.8 Å². The summed E-state index contributed by atoms with van der Waals surface area (Å²) in [7, 11) is 2.16. The zero-order valence-electron chi connectivity index (χ0n) is 11.4. The molecule has 1 aliphatic heterocycles. The van der Waals surface area contributed by atoms with Crippen molar-refractivity contribution in [3.05, 3.63) is 53.5 Å². The van der Waals surface area contributed by atoms with Gasteiger partial charge in [0.1, 0.15) is 5.76 Å². The highest BCUT2D eigenvalue weighted by Crippen LogP contribution is 2.27. The Hall–Kier alpha value is -1.74. The Morgan fingerprint density at radius 1 is 1.32 bits per heavy atom. The van der Waals surface area contributed by atoms with Gasteiger partial charge in [0.25, 0.3) is 0 Å². The number of hydrogen-bond acceptors (Lipinski definition) is 3. The van der Waals surface area contributed by atoms with E-state index in [-0.39, 0.29) is 0 Å². The zero-order valence-corrected chi connectivity index (χ0v) is 11.4. The molecule has 0 spiro atoms. The Bertz CT molecular complexity index is 534. The molecule has 1 aliphatic rings. The maximum Gasteiger partial charge on any atom is 0.105 e. The van der Waals surface area contributed by atoms with Gasteiger partial charge >= 0.3 is 0 Å². The van der Waals surface area contributed by atoms with E-state index in [0.29, 0.717) is 0 Å². The highest BCUT2D eigenvalue weighted by Gasteiger charge is 2.15. The first kappa shape index (κ1) is 12.3. The molecule has 100 valence electrons. The van der Waals surface area contributed by atoms with Crippen molar-refractivity contribution in [1.82, 2.24) is 5.32 Å². The van der Waals surface area contributed by atoms with Crippen molar-refractivity contribution in [3.63, 3.8) is 0 Å². The van der Waals surface area contributed by atoms with Gasteiger partial charge in [-0.05, 0) is 35.7 Å². The topological polar surface area (TPSA) is 28.4 Å². The third-order valence-electron chi connectivity index (χ3n) is 3.73. The number of rotatable bonds is 5. The van der Waals surface area contributed by atoms with Crippen LogP contribution in [-0.4, -0.2) is 20.1 Å². The Balaban J connectivity index is 1.51. The summed E-state index contributed by atoms with van der Waals surface area (Å²) >= 11 is 0. The molecule has 1 N–H and O–H groups in total. The molecule has 1 aromatic heterocycles. The van der Waals surface area contributed by atoms with Crippen LogP contribution in [0.4, 0.5) is 5.69 Å². The maximum absolute atomic E-state index is 5.31. The fraction of sp³-hybridized carbons (Fsp3) is 0.375. The quantitative estimate of drug-likeness (QED) is 0.834. The first-order valence-electron chi connectivity index (χ1n) is 6.89. The minimum Gasteiger partial charge on any atom is -0.469 e. The lowest BCUT2D eigenvalue weighted by molar-refractivity contribution is 0.499. The normalized spacial score (nSPS) is 13.8. The first-order valence-corrected chi connectivity index (χ1v) is 6.89. The number of benzene rings is 1. The van der Waals surface area contributed by atoms with Gasteiger partial charge in [0.2, 0.25) is 0 Å². The highest BCUT2D eigenvalue weighted by molar-refractivity contribution is 5.58. The van der Waals surface area contributed by atoms with Crippen LogP contribution < -0.4 is 10.2 Å². The van der Waals surface area contributed by atoms with Crippen molar-refractivity contribution in [2.45, 2.75) is 19.4 Å². The summed E-state index contributed by atoms with van der Waals surface area (Å²) in [5, 5.41) is 3.47. The number of nitrogens with one attached hydrogen (secondary N) is 1. The molecule has 3 rings (SSSR count).